The lowest BCUT2D eigenvalue weighted by molar-refractivity contribution is -0.120. The van der Waals surface area contributed by atoms with E-state index in [1.807, 2.05) is 30.3 Å². The van der Waals surface area contributed by atoms with Crippen molar-refractivity contribution in [2.45, 2.75) is 36.7 Å². The number of benzene rings is 2. The van der Waals surface area contributed by atoms with E-state index in [-0.39, 0.29) is 16.8 Å². The molecule has 144 valence electrons. The van der Waals surface area contributed by atoms with Gasteiger partial charge in [0.1, 0.15) is 0 Å². The summed E-state index contributed by atoms with van der Waals surface area (Å²) in [4.78, 5) is 12.3. The monoisotopic (exact) mass is 387 g/mol. The topological polar surface area (TPSA) is 92.5 Å². The van der Waals surface area contributed by atoms with E-state index in [1.54, 1.807) is 24.3 Å². The lowest BCUT2D eigenvalue weighted by Gasteiger charge is -2.29. The summed E-state index contributed by atoms with van der Waals surface area (Å²) in [7, 11) is -3.48. The normalized spacial score (nSPS) is 16.2. The van der Waals surface area contributed by atoms with Crippen molar-refractivity contribution >= 4 is 15.9 Å². The van der Waals surface area contributed by atoms with Crippen LogP contribution in [0, 0.1) is 0 Å². The van der Waals surface area contributed by atoms with Gasteiger partial charge in [-0.25, -0.2) is 8.42 Å². The van der Waals surface area contributed by atoms with Crippen molar-refractivity contribution < 1.29 is 13.2 Å². The Morgan fingerprint density at radius 1 is 1.00 bits per heavy atom. The van der Waals surface area contributed by atoms with Gasteiger partial charge >= 0.3 is 0 Å². The molecule has 1 fully saturated rings. The average Bonchev–Trinajstić information content (AvgIpc) is 2.68. The highest BCUT2D eigenvalue weighted by Crippen LogP contribution is 2.20. The molecular weight excluding hydrogens is 362 g/mol. The third kappa shape index (κ3) is 5.15. The zero-order valence-corrected chi connectivity index (χ0v) is 16.0. The Labute approximate surface area is 160 Å². The van der Waals surface area contributed by atoms with E-state index < -0.39 is 10.0 Å². The van der Waals surface area contributed by atoms with Gasteiger partial charge in [0.05, 0.1) is 11.3 Å². The minimum Gasteiger partial charge on any atom is -0.352 e. The fraction of sp³-hybridized carbons (Fsp3) is 0.350. The van der Waals surface area contributed by atoms with E-state index in [4.69, 9.17) is 5.73 Å². The molecule has 1 aliphatic rings. The van der Waals surface area contributed by atoms with Gasteiger partial charge in [-0.3, -0.25) is 4.79 Å². The van der Waals surface area contributed by atoms with Crippen molar-refractivity contribution in [1.82, 2.24) is 9.62 Å². The maximum absolute atomic E-state index is 12.7. The molecule has 0 aromatic heterocycles. The van der Waals surface area contributed by atoms with Crippen LogP contribution in [0.3, 0.4) is 0 Å². The molecule has 1 heterocycles. The van der Waals surface area contributed by atoms with Gasteiger partial charge < -0.3 is 11.1 Å². The Hall–Kier alpha value is -2.22. The minimum atomic E-state index is -3.48. The number of hydrogen-bond acceptors (Lipinski definition) is 4. The highest BCUT2D eigenvalue weighted by atomic mass is 32.2. The smallest absolute Gasteiger partial charge is 0.243 e. The maximum Gasteiger partial charge on any atom is 0.243 e. The predicted octanol–water partition coefficient (Wildman–Crippen LogP) is 1.66. The van der Waals surface area contributed by atoms with Crippen LogP contribution in [0.1, 0.15) is 24.0 Å². The Kier molecular flexibility index (Phi) is 6.26. The number of amides is 1. The second-order valence-corrected chi connectivity index (χ2v) is 8.76. The number of rotatable bonds is 6. The Morgan fingerprint density at radius 3 is 2.26 bits per heavy atom. The van der Waals surface area contributed by atoms with Crippen LogP contribution >= 0.6 is 0 Å². The zero-order valence-electron chi connectivity index (χ0n) is 15.2. The molecular formula is C20H25N3O3S. The third-order valence-electron chi connectivity index (χ3n) is 4.76. The second-order valence-electron chi connectivity index (χ2n) is 6.82. The van der Waals surface area contributed by atoms with Crippen molar-refractivity contribution in [3.63, 3.8) is 0 Å². The maximum atomic E-state index is 12.7. The molecule has 3 rings (SSSR count). The fourth-order valence-corrected chi connectivity index (χ4v) is 4.56. The zero-order chi connectivity index (χ0) is 19.3. The van der Waals surface area contributed by atoms with E-state index in [9.17, 15) is 13.2 Å². The van der Waals surface area contributed by atoms with Gasteiger partial charge in [-0.15, -0.1) is 0 Å². The van der Waals surface area contributed by atoms with Gasteiger partial charge in [-0.1, -0.05) is 42.5 Å². The van der Waals surface area contributed by atoms with Gasteiger partial charge in [0.25, 0.3) is 0 Å². The van der Waals surface area contributed by atoms with Crippen LogP contribution in [0.15, 0.2) is 59.5 Å². The SMILES string of the molecule is NC1CCN(S(=O)(=O)c2ccc(CNC(=O)Cc3ccccc3)cc2)CC1. The molecule has 0 bridgehead atoms. The summed E-state index contributed by atoms with van der Waals surface area (Å²) >= 11 is 0. The number of hydrogen-bond donors (Lipinski definition) is 2. The molecule has 0 atom stereocenters. The largest absolute Gasteiger partial charge is 0.352 e. The van der Waals surface area contributed by atoms with Crippen LogP contribution in [0.5, 0.6) is 0 Å². The highest BCUT2D eigenvalue weighted by Gasteiger charge is 2.28. The van der Waals surface area contributed by atoms with Crippen molar-refractivity contribution in [2.75, 3.05) is 13.1 Å². The van der Waals surface area contributed by atoms with E-state index in [0.717, 1.165) is 11.1 Å². The molecule has 0 saturated carbocycles. The number of nitrogens with one attached hydrogen (secondary N) is 1. The number of sulfonamides is 1. The van der Waals surface area contributed by atoms with E-state index in [1.165, 1.54) is 4.31 Å². The van der Waals surface area contributed by atoms with E-state index >= 15 is 0 Å². The molecule has 0 radical (unpaired) electrons. The summed E-state index contributed by atoms with van der Waals surface area (Å²) in [6, 6.07) is 16.3. The molecule has 0 unspecified atom stereocenters. The van der Waals surface area contributed by atoms with E-state index in [2.05, 4.69) is 5.32 Å². The molecule has 0 aliphatic carbocycles. The summed E-state index contributed by atoms with van der Waals surface area (Å²) < 4.78 is 26.9. The van der Waals surface area contributed by atoms with Crippen molar-refractivity contribution in [3.8, 4) is 0 Å². The number of carbonyl (C=O) groups excluding carboxylic acids is 1. The summed E-state index contributed by atoms with van der Waals surface area (Å²) in [6.45, 7) is 1.28. The van der Waals surface area contributed by atoms with Crippen LogP contribution in [-0.4, -0.2) is 37.8 Å². The van der Waals surface area contributed by atoms with Crippen LogP contribution in [0.4, 0.5) is 0 Å². The Morgan fingerprint density at radius 2 is 1.63 bits per heavy atom. The van der Waals surface area contributed by atoms with Crippen molar-refractivity contribution in [2.24, 2.45) is 5.73 Å². The molecule has 27 heavy (non-hydrogen) atoms. The molecule has 3 N–H and O–H groups in total. The first-order valence-corrected chi connectivity index (χ1v) is 10.5. The van der Waals surface area contributed by atoms with Gasteiger partial charge in [-0.2, -0.15) is 4.31 Å². The Balaban J connectivity index is 1.56. The van der Waals surface area contributed by atoms with Crippen molar-refractivity contribution in [1.29, 1.82) is 0 Å². The van der Waals surface area contributed by atoms with Gasteiger partial charge in [0.15, 0.2) is 0 Å². The summed E-state index contributed by atoms with van der Waals surface area (Å²) in [5.41, 5.74) is 7.66. The number of carbonyl (C=O) groups is 1. The molecule has 1 saturated heterocycles. The second kappa shape index (κ2) is 8.65. The van der Waals surface area contributed by atoms with Gasteiger partial charge in [-0.05, 0) is 36.1 Å². The number of nitrogens with zero attached hydrogens (tertiary/aromatic N) is 1. The number of piperidine rings is 1. The standard InChI is InChI=1S/C20H25N3O3S/c21-18-10-12-23(13-11-18)27(25,26)19-8-6-17(7-9-19)15-22-20(24)14-16-4-2-1-3-5-16/h1-9,18H,10-15,21H2,(H,22,24). The van der Waals surface area contributed by atoms with E-state index in [0.29, 0.717) is 38.9 Å². The molecule has 7 heteroatoms. The summed E-state index contributed by atoms with van der Waals surface area (Å²) in [5, 5.41) is 2.86. The number of nitrogens with two attached hydrogens (primary N) is 1. The molecule has 1 amide bonds. The van der Waals surface area contributed by atoms with Crippen molar-refractivity contribution in [3.05, 3.63) is 65.7 Å². The first-order chi connectivity index (χ1) is 12.9. The predicted molar refractivity (Wildman–Crippen MR) is 104 cm³/mol. The molecule has 1 aliphatic heterocycles. The quantitative estimate of drug-likeness (QED) is 0.788. The molecule has 2 aromatic rings. The van der Waals surface area contributed by atoms with Crippen LogP contribution < -0.4 is 11.1 Å². The van der Waals surface area contributed by atoms with Crippen LogP contribution in [-0.2, 0) is 27.8 Å². The average molecular weight is 388 g/mol. The van der Waals surface area contributed by atoms with Gasteiger partial charge in [0, 0.05) is 25.7 Å². The Bertz CT molecular complexity index is 859. The summed E-state index contributed by atoms with van der Waals surface area (Å²) in [6.07, 6.45) is 1.69. The molecule has 2 aromatic carbocycles. The van der Waals surface area contributed by atoms with Crippen LogP contribution in [0.25, 0.3) is 0 Å². The third-order valence-corrected chi connectivity index (χ3v) is 6.67. The van der Waals surface area contributed by atoms with Gasteiger partial charge in [0.2, 0.25) is 15.9 Å². The first kappa shape index (κ1) is 19.5. The highest BCUT2D eigenvalue weighted by molar-refractivity contribution is 7.89. The molecule has 6 nitrogen and oxygen atoms in total. The molecule has 0 spiro atoms. The lowest BCUT2D eigenvalue weighted by atomic mass is 10.1. The summed E-state index contributed by atoms with van der Waals surface area (Å²) in [5.74, 6) is -0.0671. The first-order valence-electron chi connectivity index (χ1n) is 9.10. The minimum absolute atomic E-state index is 0.0671. The lowest BCUT2D eigenvalue weighted by Crippen LogP contribution is -2.42. The van der Waals surface area contributed by atoms with Crippen LogP contribution in [0.2, 0.25) is 0 Å². The fourth-order valence-electron chi connectivity index (χ4n) is 3.09.